The van der Waals surface area contributed by atoms with Gasteiger partial charge in [-0.05, 0) is 31.2 Å². The molecule has 0 atom stereocenters. The molecule has 26 heavy (non-hydrogen) atoms. The fourth-order valence-corrected chi connectivity index (χ4v) is 2.97. The molecule has 2 N–H and O–H groups in total. The lowest BCUT2D eigenvalue weighted by Crippen LogP contribution is -2.42. The number of carbonyl (C=O) groups is 2. The normalized spacial score (nSPS) is 10.7. The minimum Gasteiger partial charge on any atom is -0.441 e. The zero-order valence-corrected chi connectivity index (χ0v) is 15.1. The van der Waals surface area contributed by atoms with E-state index in [0.29, 0.717) is 17.9 Å². The van der Waals surface area contributed by atoms with Crippen LogP contribution < -0.4 is 10.9 Å². The highest BCUT2D eigenvalue weighted by atomic mass is 32.2. The molecule has 1 heterocycles. The Morgan fingerprint density at radius 1 is 1.04 bits per heavy atom. The van der Waals surface area contributed by atoms with Crippen molar-refractivity contribution in [3.63, 3.8) is 0 Å². The summed E-state index contributed by atoms with van der Waals surface area (Å²) in [5, 5.41) is 0. The summed E-state index contributed by atoms with van der Waals surface area (Å²) in [5.74, 6) is 0.184. The van der Waals surface area contributed by atoms with Crippen LogP contribution in [0, 0.1) is 6.92 Å². The molecule has 0 radical (unpaired) electrons. The van der Waals surface area contributed by atoms with Gasteiger partial charge in [0.1, 0.15) is 5.52 Å². The summed E-state index contributed by atoms with van der Waals surface area (Å²) < 4.78 is 5.56. The van der Waals surface area contributed by atoms with Gasteiger partial charge < -0.3 is 4.42 Å². The lowest BCUT2D eigenvalue weighted by Gasteiger charge is -2.07. The molecule has 2 aromatic carbocycles. The number of oxazole rings is 1. The quantitative estimate of drug-likeness (QED) is 0.515. The Morgan fingerprint density at radius 3 is 2.54 bits per heavy atom. The van der Waals surface area contributed by atoms with Gasteiger partial charge in [-0.25, -0.2) is 4.98 Å². The SMILES string of the molecule is Cc1ccc(SCC(=O)NNC(=O)CCc2nc3ccccc3o2)cc1. The third kappa shape index (κ3) is 5.10. The minimum atomic E-state index is -0.291. The van der Waals surface area contributed by atoms with Crippen molar-refractivity contribution < 1.29 is 14.0 Å². The number of para-hydroxylation sites is 2. The number of nitrogens with zero attached hydrogens (tertiary/aromatic N) is 1. The Morgan fingerprint density at radius 2 is 1.77 bits per heavy atom. The lowest BCUT2D eigenvalue weighted by molar-refractivity contribution is -0.127. The van der Waals surface area contributed by atoms with Crippen LogP contribution in [-0.4, -0.2) is 22.6 Å². The summed E-state index contributed by atoms with van der Waals surface area (Å²) >= 11 is 1.41. The smallest absolute Gasteiger partial charge is 0.248 e. The summed E-state index contributed by atoms with van der Waals surface area (Å²) in [4.78, 5) is 29.0. The number of rotatable bonds is 6. The molecule has 7 heteroatoms. The van der Waals surface area contributed by atoms with Crippen molar-refractivity contribution in [2.75, 3.05) is 5.75 Å². The molecular formula is C19H19N3O3S. The summed E-state index contributed by atoms with van der Waals surface area (Å²) in [7, 11) is 0. The molecule has 3 aromatic rings. The van der Waals surface area contributed by atoms with Gasteiger partial charge in [-0.1, -0.05) is 29.8 Å². The van der Waals surface area contributed by atoms with E-state index in [-0.39, 0.29) is 24.0 Å². The number of hydrogen-bond donors (Lipinski definition) is 2. The van der Waals surface area contributed by atoms with E-state index in [2.05, 4.69) is 15.8 Å². The van der Waals surface area contributed by atoms with E-state index in [1.165, 1.54) is 17.3 Å². The Bertz CT molecular complexity index is 873. The van der Waals surface area contributed by atoms with E-state index in [9.17, 15) is 9.59 Å². The van der Waals surface area contributed by atoms with Crippen LogP contribution in [-0.2, 0) is 16.0 Å². The van der Waals surface area contributed by atoms with Crippen LogP contribution in [0.3, 0.4) is 0 Å². The highest BCUT2D eigenvalue weighted by Crippen LogP contribution is 2.18. The first-order chi connectivity index (χ1) is 12.6. The molecule has 3 rings (SSSR count). The summed E-state index contributed by atoms with van der Waals surface area (Å²) in [6.45, 7) is 2.01. The number of aryl methyl sites for hydroxylation is 2. The predicted molar refractivity (Wildman–Crippen MR) is 101 cm³/mol. The first-order valence-corrected chi connectivity index (χ1v) is 9.20. The fourth-order valence-electron chi connectivity index (χ4n) is 2.27. The highest BCUT2D eigenvalue weighted by molar-refractivity contribution is 8.00. The monoisotopic (exact) mass is 369 g/mol. The van der Waals surface area contributed by atoms with Crippen molar-refractivity contribution >= 4 is 34.7 Å². The second kappa shape index (κ2) is 8.53. The van der Waals surface area contributed by atoms with E-state index >= 15 is 0 Å². The van der Waals surface area contributed by atoms with Crippen molar-refractivity contribution in [3.05, 3.63) is 60.0 Å². The Balaban J connectivity index is 1.37. The van der Waals surface area contributed by atoms with Crippen LogP contribution in [0.2, 0.25) is 0 Å². The molecule has 0 aliphatic rings. The average molecular weight is 369 g/mol. The highest BCUT2D eigenvalue weighted by Gasteiger charge is 2.09. The maximum Gasteiger partial charge on any atom is 0.248 e. The van der Waals surface area contributed by atoms with E-state index in [4.69, 9.17) is 4.42 Å². The largest absolute Gasteiger partial charge is 0.441 e. The van der Waals surface area contributed by atoms with Crippen molar-refractivity contribution in [2.45, 2.75) is 24.7 Å². The molecular weight excluding hydrogens is 350 g/mol. The Hall–Kier alpha value is -2.80. The number of hydrazine groups is 1. The maximum absolute atomic E-state index is 11.8. The molecule has 0 spiro atoms. The van der Waals surface area contributed by atoms with E-state index in [0.717, 1.165) is 10.4 Å². The molecule has 0 fully saturated rings. The second-order valence-corrected chi connectivity index (χ2v) is 6.82. The number of aromatic nitrogens is 1. The number of amides is 2. The van der Waals surface area contributed by atoms with Crippen LogP contribution in [0.25, 0.3) is 11.1 Å². The van der Waals surface area contributed by atoms with Gasteiger partial charge in [-0.3, -0.25) is 20.4 Å². The molecule has 0 aliphatic carbocycles. The maximum atomic E-state index is 11.8. The van der Waals surface area contributed by atoms with Crippen LogP contribution in [0.4, 0.5) is 0 Å². The predicted octanol–water partition coefficient (Wildman–Crippen LogP) is 3.01. The van der Waals surface area contributed by atoms with Gasteiger partial charge in [0, 0.05) is 17.7 Å². The molecule has 0 bridgehead atoms. The lowest BCUT2D eigenvalue weighted by atomic mass is 10.2. The van der Waals surface area contributed by atoms with Gasteiger partial charge >= 0.3 is 0 Å². The van der Waals surface area contributed by atoms with Gasteiger partial charge in [0.25, 0.3) is 0 Å². The third-order valence-corrected chi connectivity index (χ3v) is 4.65. The van der Waals surface area contributed by atoms with Crippen LogP contribution >= 0.6 is 11.8 Å². The number of nitrogens with one attached hydrogen (secondary N) is 2. The van der Waals surface area contributed by atoms with E-state index in [1.54, 1.807) is 0 Å². The van der Waals surface area contributed by atoms with E-state index in [1.807, 2.05) is 55.5 Å². The standard InChI is InChI=1S/C19H19N3O3S/c1-13-6-8-14(9-7-13)26-12-18(24)22-21-17(23)10-11-19-20-15-4-2-3-5-16(15)25-19/h2-9H,10-12H2,1H3,(H,21,23)(H,22,24). The second-order valence-electron chi connectivity index (χ2n) is 5.77. The van der Waals surface area contributed by atoms with Gasteiger partial charge in [0.15, 0.2) is 11.5 Å². The minimum absolute atomic E-state index is 0.179. The summed E-state index contributed by atoms with van der Waals surface area (Å²) in [5.41, 5.74) is 7.46. The van der Waals surface area contributed by atoms with E-state index < -0.39 is 0 Å². The van der Waals surface area contributed by atoms with Crippen LogP contribution in [0.5, 0.6) is 0 Å². The van der Waals surface area contributed by atoms with Crippen molar-refractivity contribution in [1.29, 1.82) is 0 Å². The third-order valence-electron chi connectivity index (χ3n) is 3.64. The molecule has 0 unspecified atom stereocenters. The van der Waals surface area contributed by atoms with Crippen molar-refractivity contribution in [3.8, 4) is 0 Å². The van der Waals surface area contributed by atoms with Crippen LogP contribution in [0.1, 0.15) is 17.9 Å². The summed E-state index contributed by atoms with van der Waals surface area (Å²) in [6, 6.07) is 15.4. The van der Waals surface area contributed by atoms with Crippen molar-refractivity contribution in [1.82, 2.24) is 15.8 Å². The van der Waals surface area contributed by atoms with Gasteiger partial charge in [-0.2, -0.15) is 0 Å². The van der Waals surface area contributed by atoms with Crippen LogP contribution in [0.15, 0.2) is 57.8 Å². The first-order valence-electron chi connectivity index (χ1n) is 8.22. The van der Waals surface area contributed by atoms with Gasteiger partial charge in [0.2, 0.25) is 11.8 Å². The molecule has 0 aliphatic heterocycles. The number of fused-ring (bicyclic) bond motifs is 1. The molecule has 2 amide bonds. The number of benzene rings is 2. The fraction of sp³-hybridized carbons (Fsp3) is 0.211. The molecule has 1 aromatic heterocycles. The average Bonchev–Trinajstić information content (AvgIpc) is 3.07. The Labute approximate surface area is 155 Å². The number of thioether (sulfide) groups is 1. The van der Waals surface area contributed by atoms with Gasteiger partial charge in [0.05, 0.1) is 5.75 Å². The molecule has 0 saturated carbocycles. The Kier molecular flexibility index (Phi) is 5.91. The number of carbonyl (C=O) groups excluding carboxylic acids is 2. The first kappa shape index (κ1) is 18.0. The molecule has 0 saturated heterocycles. The topological polar surface area (TPSA) is 84.2 Å². The van der Waals surface area contributed by atoms with Gasteiger partial charge in [-0.15, -0.1) is 11.8 Å². The zero-order chi connectivity index (χ0) is 18.4. The molecule has 6 nitrogen and oxygen atoms in total. The number of hydrogen-bond acceptors (Lipinski definition) is 5. The zero-order valence-electron chi connectivity index (χ0n) is 14.3. The van der Waals surface area contributed by atoms with Crippen molar-refractivity contribution in [2.24, 2.45) is 0 Å². The molecule has 134 valence electrons. The summed E-state index contributed by atoms with van der Waals surface area (Å²) in [6.07, 6.45) is 0.548.